The maximum atomic E-state index is 12.2. The largest absolute Gasteiger partial charge is 0.496 e. The lowest BCUT2D eigenvalue weighted by Crippen LogP contribution is -2.25. The minimum absolute atomic E-state index is 0.138. The van der Waals surface area contributed by atoms with Crippen LogP contribution in [0.15, 0.2) is 28.2 Å². The molecule has 8 nitrogen and oxygen atoms in total. The number of amides is 1. The molecule has 0 fully saturated rings. The van der Waals surface area contributed by atoms with Crippen molar-refractivity contribution in [2.24, 2.45) is 0 Å². The Kier molecular flexibility index (Phi) is 6.23. The normalized spacial score (nSPS) is 13.0. The number of fused-ring (bicyclic) bond motifs is 1. The number of H-pyrrole nitrogens is 1. The minimum Gasteiger partial charge on any atom is -0.496 e. The Morgan fingerprint density at radius 2 is 2.04 bits per heavy atom. The van der Waals surface area contributed by atoms with E-state index in [1.165, 1.54) is 17.8 Å². The van der Waals surface area contributed by atoms with Crippen LogP contribution >= 0.6 is 11.8 Å². The van der Waals surface area contributed by atoms with Crippen LogP contribution in [0.2, 0.25) is 0 Å². The van der Waals surface area contributed by atoms with E-state index in [-0.39, 0.29) is 23.8 Å². The van der Waals surface area contributed by atoms with Gasteiger partial charge in [-0.2, -0.15) is 0 Å². The lowest BCUT2D eigenvalue weighted by atomic mass is 10.1. The number of carbonyl (C=O) groups excluding carboxylic acids is 1. The molecule has 0 saturated heterocycles. The molecule has 1 aliphatic heterocycles. The van der Waals surface area contributed by atoms with Crippen LogP contribution in [0.4, 0.5) is 0 Å². The number of aromatic nitrogens is 2. The number of aromatic amines is 1. The molecule has 0 unspecified atom stereocenters. The third-order valence-electron chi connectivity index (χ3n) is 3.81. The van der Waals surface area contributed by atoms with E-state index >= 15 is 0 Å². The van der Waals surface area contributed by atoms with Crippen LogP contribution in [-0.4, -0.2) is 42.0 Å². The van der Waals surface area contributed by atoms with E-state index < -0.39 is 0 Å². The van der Waals surface area contributed by atoms with Crippen molar-refractivity contribution >= 4 is 17.7 Å². The average molecular weight is 391 g/mol. The summed E-state index contributed by atoms with van der Waals surface area (Å²) in [6.45, 7) is 3.20. The van der Waals surface area contributed by atoms with Crippen LogP contribution in [0.1, 0.15) is 17.7 Å². The van der Waals surface area contributed by atoms with Crippen molar-refractivity contribution < 1.29 is 19.0 Å². The molecule has 9 heteroatoms. The Morgan fingerprint density at radius 1 is 1.30 bits per heavy atom. The molecule has 144 valence electrons. The van der Waals surface area contributed by atoms with E-state index in [4.69, 9.17) is 14.2 Å². The van der Waals surface area contributed by atoms with Gasteiger partial charge in [0.25, 0.3) is 5.56 Å². The first-order valence-corrected chi connectivity index (χ1v) is 9.47. The molecule has 1 aromatic heterocycles. The van der Waals surface area contributed by atoms with E-state index in [0.29, 0.717) is 41.3 Å². The Hall–Kier alpha value is -2.68. The molecule has 0 bridgehead atoms. The summed E-state index contributed by atoms with van der Waals surface area (Å²) in [6.07, 6.45) is 0.815. The number of rotatable bonds is 6. The second-order valence-electron chi connectivity index (χ2n) is 5.92. The van der Waals surface area contributed by atoms with E-state index in [0.717, 1.165) is 12.0 Å². The van der Waals surface area contributed by atoms with Gasteiger partial charge in [0.05, 0.1) is 26.1 Å². The molecule has 1 aromatic carbocycles. The van der Waals surface area contributed by atoms with Crippen molar-refractivity contribution in [1.29, 1.82) is 0 Å². The zero-order valence-electron chi connectivity index (χ0n) is 15.2. The number of thioether (sulfide) groups is 1. The Labute approximate surface area is 160 Å². The third kappa shape index (κ3) is 5.16. The van der Waals surface area contributed by atoms with Crippen molar-refractivity contribution in [1.82, 2.24) is 15.3 Å². The Morgan fingerprint density at radius 3 is 2.74 bits per heavy atom. The molecule has 0 saturated carbocycles. The summed E-state index contributed by atoms with van der Waals surface area (Å²) in [7, 11) is 1.57. The Balaban J connectivity index is 1.61. The zero-order chi connectivity index (χ0) is 19.2. The molecule has 2 N–H and O–H groups in total. The second-order valence-corrected chi connectivity index (χ2v) is 6.88. The van der Waals surface area contributed by atoms with Gasteiger partial charge in [-0.05, 0) is 13.0 Å². The first kappa shape index (κ1) is 19.1. The first-order chi connectivity index (χ1) is 13.0. The maximum Gasteiger partial charge on any atom is 0.251 e. The van der Waals surface area contributed by atoms with Crippen molar-refractivity contribution in [3.05, 3.63) is 39.8 Å². The molecule has 0 spiro atoms. The maximum absolute atomic E-state index is 12.2. The van der Waals surface area contributed by atoms with Gasteiger partial charge >= 0.3 is 0 Å². The Bertz CT molecular complexity index is 884. The predicted octanol–water partition coefficient (Wildman–Crippen LogP) is 1.66. The van der Waals surface area contributed by atoms with Gasteiger partial charge in [0.2, 0.25) is 5.91 Å². The minimum atomic E-state index is -0.234. The molecule has 1 aliphatic rings. The second kappa shape index (κ2) is 8.81. The number of nitrogens with zero attached hydrogens (tertiary/aromatic N) is 1. The number of benzene rings is 1. The van der Waals surface area contributed by atoms with Crippen LogP contribution in [0.3, 0.4) is 0 Å². The first-order valence-electron chi connectivity index (χ1n) is 8.49. The number of aryl methyl sites for hydroxylation is 1. The van der Waals surface area contributed by atoms with Crippen molar-refractivity contribution in [3.8, 4) is 17.2 Å². The number of nitrogens with one attached hydrogen (secondary N) is 2. The van der Waals surface area contributed by atoms with Crippen LogP contribution in [-0.2, 0) is 11.3 Å². The summed E-state index contributed by atoms with van der Waals surface area (Å²) in [6, 6.07) is 5.01. The van der Waals surface area contributed by atoms with Crippen LogP contribution in [0.25, 0.3) is 0 Å². The third-order valence-corrected chi connectivity index (χ3v) is 4.69. The summed E-state index contributed by atoms with van der Waals surface area (Å²) in [5.41, 5.74) is 1.17. The number of carbonyl (C=O) groups is 1. The molecule has 0 radical (unpaired) electrons. The molecule has 27 heavy (non-hydrogen) atoms. The lowest BCUT2D eigenvalue weighted by Gasteiger charge is -2.14. The highest BCUT2D eigenvalue weighted by Crippen LogP contribution is 2.36. The fourth-order valence-electron chi connectivity index (χ4n) is 2.56. The van der Waals surface area contributed by atoms with Gasteiger partial charge in [-0.25, -0.2) is 4.98 Å². The SMILES string of the molecule is COc1cc2c(cc1CNC(=O)CSc1nc(C)cc(=O)[nH]1)OCCCO2. The van der Waals surface area contributed by atoms with Gasteiger partial charge in [0.15, 0.2) is 16.7 Å². The molecular weight excluding hydrogens is 370 g/mol. The number of ether oxygens (including phenoxy) is 3. The van der Waals surface area contributed by atoms with Crippen molar-refractivity contribution in [2.45, 2.75) is 25.0 Å². The standard InChI is InChI=1S/C18H21N3O5S/c1-11-6-16(22)21-18(20-11)27-10-17(23)19-9-12-7-14-15(8-13(12)24-2)26-5-3-4-25-14/h6-8H,3-5,9-10H2,1-2H3,(H,19,23)(H,20,21,22). The summed E-state index contributed by atoms with van der Waals surface area (Å²) in [5.74, 6) is 1.87. The topological polar surface area (TPSA) is 103 Å². The van der Waals surface area contributed by atoms with E-state index in [2.05, 4.69) is 15.3 Å². The highest BCUT2D eigenvalue weighted by Gasteiger charge is 2.16. The van der Waals surface area contributed by atoms with Gasteiger partial charge in [0.1, 0.15) is 5.75 Å². The fourth-order valence-corrected chi connectivity index (χ4v) is 3.31. The molecule has 0 aliphatic carbocycles. The predicted molar refractivity (Wildman–Crippen MR) is 101 cm³/mol. The number of methoxy groups -OCH3 is 1. The molecule has 1 amide bonds. The van der Waals surface area contributed by atoms with Crippen molar-refractivity contribution in [3.63, 3.8) is 0 Å². The number of hydrogen-bond donors (Lipinski definition) is 2. The smallest absolute Gasteiger partial charge is 0.251 e. The van der Waals surface area contributed by atoms with Crippen molar-refractivity contribution in [2.75, 3.05) is 26.1 Å². The van der Waals surface area contributed by atoms with Gasteiger partial charge in [-0.3, -0.25) is 9.59 Å². The monoisotopic (exact) mass is 391 g/mol. The van der Waals surface area contributed by atoms with Gasteiger partial charge < -0.3 is 24.5 Å². The quantitative estimate of drug-likeness (QED) is 0.570. The summed E-state index contributed by atoms with van der Waals surface area (Å²) in [5, 5.41) is 3.26. The number of hydrogen-bond acceptors (Lipinski definition) is 7. The zero-order valence-corrected chi connectivity index (χ0v) is 16.0. The van der Waals surface area contributed by atoms with Gasteiger partial charge in [-0.15, -0.1) is 0 Å². The lowest BCUT2D eigenvalue weighted by molar-refractivity contribution is -0.118. The van der Waals surface area contributed by atoms with E-state index in [1.54, 1.807) is 20.1 Å². The van der Waals surface area contributed by atoms with E-state index in [1.807, 2.05) is 6.07 Å². The molecule has 2 aromatic rings. The highest BCUT2D eigenvalue weighted by atomic mass is 32.2. The fraction of sp³-hybridized carbons (Fsp3) is 0.389. The summed E-state index contributed by atoms with van der Waals surface area (Å²) in [4.78, 5) is 30.4. The van der Waals surface area contributed by atoms with E-state index in [9.17, 15) is 9.59 Å². The summed E-state index contributed by atoms with van der Waals surface area (Å²) >= 11 is 1.17. The highest BCUT2D eigenvalue weighted by molar-refractivity contribution is 7.99. The average Bonchev–Trinajstić information content (AvgIpc) is 2.87. The van der Waals surface area contributed by atoms with Gasteiger partial charge in [-0.1, -0.05) is 11.8 Å². The van der Waals surface area contributed by atoms with Crippen LogP contribution in [0, 0.1) is 6.92 Å². The van der Waals surface area contributed by atoms with Crippen LogP contribution < -0.4 is 25.1 Å². The van der Waals surface area contributed by atoms with Crippen LogP contribution in [0.5, 0.6) is 17.2 Å². The molecule has 2 heterocycles. The summed E-state index contributed by atoms with van der Waals surface area (Å²) < 4.78 is 16.7. The van der Waals surface area contributed by atoms with Gasteiger partial charge in [0, 0.05) is 36.4 Å². The molecule has 0 atom stereocenters. The molecular formula is C18H21N3O5S. The molecule has 3 rings (SSSR count).